The van der Waals surface area contributed by atoms with Gasteiger partial charge in [0.25, 0.3) is 0 Å². The molecule has 0 amide bonds. The lowest BCUT2D eigenvalue weighted by atomic mass is 10.1. The highest BCUT2D eigenvalue weighted by Gasteiger charge is 2.33. The first kappa shape index (κ1) is 17.1. The van der Waals surface area contributed by atoms with Crippen LogP contribution in [0.5, 0.6) is 0 Å². The molecule has 24 heavy (non-hydrogen) atoms. The van der Waals surface area contributed by atoms with E-state index in [4.69, 9.17) is 23.2 Å². The molecule has 2 nitrogen and oxygen atoms in total. The van der Waals surface area contributed by atoms with Crippen LogP contribution in [0, 0.1) is 6.92 Å². The van der Waals surface area contributed by atoms with Crippen molar-refractivity contribution < 1.29 is 13.2 Å². The number of aromatic nitrogens is 2. The van der Waals surface area contributed by atoms with Crippen LogP contribution in [-0.2, 0) is 19.6 Å². The molecule has 0 fully saturated rings. The van der Waals surface area contributed by atoms with E-state index >= 15 is 0 Å². The molecule has 126 valence electrons. The summed E-state index contributed by atoms with van der Waals surface area (Å²) in [5, 5.41) is 1.74. The number of nitrogens with zero attached hydrogens (tertiary/aromatic N) is 2. The Bertz CT molecular complexity index is 909. The quantitative estimate of drug-likeness (QED) is 0.555. The number of pyridine rings is 1. The summed E-state index contributed by atoms with van der Waals surface area (Å²) in [5.41, 5.74) is 1.48. The Kier molecular flexibility index (Phi) is 4.26. The van der Waals surface area contributed by atoms with Crippen LogP contribution in [0.15, 0.2) is 30.3 Å². The average Bonchev–Trinajstić information content (AvgIpc) is 2.80. The summed E-state index contributed by atoms with van der Waals surface area (Å²) >= 11 is 12.4. The molecule has 2 heterocycles. The molecule has 0 aliphatic carbocycles. The normalized spacial score (nSPS) is 12.1. The van der Waals surface area contributed by atoms with Gasteiger partial charge < -0.3 is 4.57 Å². The lowest BCUT2D eigenvalue weighted by molar-refractivity contribution is -0.141. The molecule has 0 radical (unpaired) electrons. The Labute approximate surface area is 146 Å². The molecular weight excluding hydrogens is 360 g/mol. The molecule has 0 saturated heterocycles. The summed E-state index contributed by atoms with van der Waals surface area (Å²) in [7, 11) is 1.72. The van der Waals surface area contributed by atoms with Crippen molar-refractivity contribution in [2.45, 2.75) is 19.5 Å². The van der Waals surface area contributed by atoms with E-state index < -0.39 is 11.9 Å². The van der Waals surface area contributed by atoms with Gasteiger partial charge in [-0.15, -0.1) is 0 Å². The third kappa shape index (κ3) is 2.98. The fourth-order valence-electron chi connectivity index (χ4n) is 2.74. The van der Waals surface area contributed by atoms with Crippen LogP contribution in [0.1, 0.15) is 22.6 Å². The molecule has 0 aliphatic heterocycles. The van der Waals surface area contributed by atoms with Gasteiger partial charge >= 0.3 is 6.18 Å². The number of hydrogen-bond donors (Lipinski definition) is 0. The van der Waals surface area contributed by atoms with Crippen molar-refractivity contribution in [1.29, 1.82) is 0 Å². The van der Waals surface area contributed by atoms with Crippen molar-refractivity contribution in [2.24, 2.45) is 7.05 Å². The number of rotatable bonds is 2. The van der Waals surface area contributed by atoms with Crippen LogP contribution >= 0.6 is 23.2 Å². The van der Waals surface area contributed by atoms with Crippen molar-refractivity contribution in [3.05, 3.63) is 63.0 Å². The highest BCUT2D eigenvalue weighted by molar-refractivity contribution is 6.36. The molecule has 0 aliphatic rings. The number of halogens is 5. The van der Waals surface area contributed by atoms with Crippen LogP contribution in [0.25, 0.3) is 10.9 Å². The number of fused-ring (bicyclic) bond motifs is 1. The molecule has 2 aromatic heterocycles. The zero-order chi connectivity index (χ0) is 17.6. The lowest BCUT2D eigenvalue weighted by Gasteiger charge is -2.10. The predicted octanol–water partition coefficient (Wildman–Crippen LogP) is 5.80. The molecule has 7 heteroatoms. The molecule has 1 aromatic carbocycles. The first-order valence-corrected chi connectivity index (χ1v) is 7.90. The smallest absolute Gasteiger partial charge is 0.347 e. The SMILES string of the molecule is Cc1nc(C(F)(F)F)cc2c1cc(Cc1c(Cl)cccc1Cl)n2C. The number of hydrogen-bond acceptors (Lipinski definition) is 1. The molecule has 0 bridgehead atoms. The summed E-state index contributed by atoms with van der Waals surface area (Å²) in [6.07, 6.45) is -4.06. The van der Waals surface area contributed by atoms with Crippen molar-refractivity contribution in [3.63, 3.8) is 0 Å². The summed E-state index contributed by atoms with van der Waals surface area (Å²) in [4.78, 5) is 3.68. The zero-order valence-electron chi connectivity index (χ0n) is 12.9. The van der Waals surface area contributed by atoms with Gasteiger partial charge in [-0.1, -0.05) is 29.3 Å². The summed E-state index contributed by atoms with van der Waals surface area (Å²) in [6.45, 7) is 1.57. The van der Waals surface area contributed by atoms with Crippen LogP contribution in [0.3, 0.4) is 0 Å². The zero-order valence-corrected chi connectivity index (χ0v) is 14.4. The summed E-state index contributed by atoms with van der Waals surface area (Å²) in [5.74, 6) is 0. The van der Waals surface area contributed by atoms with Gasteiger partial charge in [-0.25, -0.2) is 4.98 Å². The third-order valence-electron chi connectivity index (χ3n) is 4.04. The molecule has 3 rings (SSSR count). The topological polar surface area (TPSA) is 17.8 Å². The van der Waals surface area contributed by atoms with Crippen LogP contribution in [-0.4, -0.2) is 9.55 Å². The van der Waals surface area contributed by atoms with E-state index in [1.54, 1.807) is 36.7 Å². The maximum absolute atomic E-state index is 13.0. The van der Waals surface area contributed by atoms with Gasteiger partial charge in [0.15, 0.2) is 0 Å². The lowest BCUT2D eigenvalue weighted by Crippen LogP contribution is -2.09. The van der Waals surface area contributed by atoms with E-state index in [1.807, 2.05) is 6.07 Å². The molecule has 0 unspecified atom stereocenters. The Morgan fingerprint density at radius 2 is 1.75 bits per heavy atom. The average molecular weight is 373 g/mol. The van der Waals surface area contributed by atoms with Crippen molar-refractivity contribution >= 4 is 34.1 Å². The van der Waals surface area contributed by atoms with Gasteiger partial charge in [-0.3, -0.25) is 0 Å². The first-order chi connectivity index (χ1) is 11.2. The van der Waals surface area contributed by atoms with Gasteiger partial charge in [0.2, 0.25) is 0 Å². The van der Waals surface area contributed by atoms with Gasteiger partial charge in [-0.05, 0) is 36.8 Å². The van der Waals surface area contributed by atoms with E-state index in [0.717, 1.165) is 17.3 Å². The second-order valence-corrected chi connectivity index (χ2v) is 6.41. The molecule has 3 aromatic rings. The fraction of sp³-hybridized carbons (Fsp3) is 0.235. The second-order valence-electron chi connectivity index (χ2n) is 5.60. The Balaban J connectivity index is 2.14. The van der Waals surface area contributed by atoms with Gasteiger partial charge in [0.1, 0.15) is 5.69 Å². The maximum Gasteiger partial charge on any atom is 0.433 e. The predicted molar refractivity (Wildman–Crippen MR) is 89.7 cm³/mol. The minimum absolute atomic E-state index is 0.340. The second kappa shape index (κ2) is 5.97. The largest absolute Gasteiger partial charge is 0.433 e. The van der Waals surface area contributed by atoms with E-state index in [2.05, 4.69) is 4.98 Å². The summed E-state index contributed by atoms with van der Waals surface area (Å²) < 4.78 is 40.7. The molecular formula is C17H13Cl2F3N2. The van der Waals surface area contributed by atoms with Crippen LogP contribution in [0.4, 0.5) is 13.2 Å². The van der Waals surface area contributed by atoms with Gasteiger partial charge in [-0.2, -0.15) is 13.2 Å². The minimum Gasteiger partial charge on any atom is -0.347 e. The fourth-order valence-corrected chi connectivity index (χ4v) is 3.27. The van der Waals surface area contributed by atoms with Gasteiger partial charge in [0, 0.05) is 40.3 Å². The molecule has 0 spiro atoms. The monoisotopic (exact) mass is 372 g/mol. The van der Waals surface area contributed by atoms with Crippen molar-refractivity contribution in [2.75, 3.05) is 0 Å². The highest BCUT2D eigenvalue weighted by atomic mass is 35.5. The van der Waals surface area contributed by atoms with Gasteiger partial charge in [0.05, 0.1) is 5.52 Å². The third-order valence-corrected chi connectivity index (χ3v) is 4.75. The Morgan fingerprint density at radius 1 is 1.12 bits per heavy atom. The summed E-state index contributed by atoms with van der Waals surface area (Å²) in [6, 6.07) is 8.12. The van der Waals surface area contributed by atoms with E-state index in [0.29, 0.717) is 33.1 Å². The van der Waals surface area contributed by atoms with E-state index in [-0.39, 0.29) is 0 Å². The minimum atomic E-state index is -4.48. The van der Waals surface area contributed by atoms with Crippen LogP contribution < -0.4 is 0 Å². The molecule has 0 atom stereocenters. The van der Waals surface area contributed by atoms with Crippen LogP contribution in [0.2, 0.25) is 10.0 Å². The first-order valence-electron chi connectivity index (χ1n) is 7.14. The molecule has 0 saturated carbocycles. The number of alkyl halides is 3. The Morgan fingerprint density at radius 3 is 2.33 bits per heavy atom. The number of benzene rings is 1. The maximum atomic E-state index is 13.0. The van der Waals surface area contributed by atoms with E-state index in [9.17, 15) is 13.2 Å². The van der Waals surface area contributed by atoms with Crippen molar-refractivity contribution in [3.8, 4) is 0 Å². The number of aryl methyl sites for hydroxylation is 2. The standard InChI is InChI=1S/C17H13Cl2F3N2/c1-9-11-6-10(7-12-13(18)4-3-5-14(12)19)24(2)15(11)8-16(23-9)17(20,21)22/h3-6,8H,7H2,1-2H3. The molecule has 0 N–H and O–H groups in total. The Hall–Kier alpha value is -1.72. The van der Waals surface area contributed by atoms with E-state index in [1.165, 1.54) is 0 Å². The highest BCUT2D eigenvalue weighted by Crippen LogP contribution is 2.33. The van der Waals surface area contributed by atoms with Crippen molar-refractivity contribution in [1.82, 2.24) is 9.55 Å².